The minimum atomic E-state index is -3.69. The third-order valence-corrected chi connectivity index (χ3v) is 5.50. The highest BCUT2D eigenvalue weighted by Gasteiger charge is 2.28. The SMILES string of the molecule is COc1ccccc1CNS(=O)(=O)c1ccc2c(c1)[C@@H](C)C(=O)N2. The lowest BCUT2D eigenvalue weighted by Crippen LogP contribution is -2.23. The average Bonchev–Trinajstić information content (AvgIpc) is 2.87. The van der Waals surface area contributed by atoms with Gasteiger partial charge in [0.25, 0.3) is 0 Å². The molecule has 126 valence electrons. The molecule has 0 spiro atoms. The second-order valence-electron chi connectivity index (χ2n) is 5.60. The first-order chi connectivity index (χ1) is 11.4. The molecule has 2 aromatic carbocycles. The van der Waals surface area contributed by atoms with E-state index in [9.17, 15) is 13.2 Å². The molecule has 2 N–H and O–H groups in total. The van der Waals surface area contributed by atoms with E-state index in [0.29, 0.717) is 17.0 Å². The van der Waals surface area contributed by atoms with Crippen molar-refractivity contribution in [3.05, 3.63) is 53.6 Å². The summed E-state index contributed by atoms with van der Waals surface area (Å²) in [6.45, 7) is 1.87. The van der Waals surface area contributed by atoms with Gasteiger partial charge in [-0.25, -0.2) is 13.1 Å². The molecule has 2 aromatic rings. The van der Waals surface area contributed by atoms with Crippen LogP contribution in [0.15, 0.2) is 47.4 Å². The second-order valence-corrected chi connectivity index (χ2v) is 7.36. The Kier molecular flexibility index (Phi) is 4.29. The molecule has 0 bridgehead atoms. The molecule has 0 unspecified atom stereocenters. The van der Waals surface area contributed by atoms with Crippen molar-refractivity contribution in [1.29, 1.82) is 0 Å². The van der Waals surface area contributed by atoms with Crippen molar-refractivity contribution in [1.82, 2.24) is 4.72 Å². The smallest absolute Gasteiger partial charge is 0.240 e. The van der Waals surface area contributed by atoms with Gasteiger partial charge < -0.3 is 10.1 Å². The van der Waals surface area contributed by atoms with Crippen LogP contribution >= 0.6 is 0 Å². The van der Waals surface area contributed by atoms with E-state index in [0.717, 1.165) is 5.56 Å². The average molecular weight is 346 g/mol. The van der Waals surface area contributed by atoms with E-state index < -0.39 is 10.0 Å². The molecule has 7 heteroatoms. The monoisotopic (exact) mass is 346 g/mol. The number of carbonyl (C=O) groups excluding carboxylic acids is 1. The molecule has 3 rings (SSSR count). The summed E-state index contributed by atoms with van der Waals surface area (Å²) in [6, 6.07) is 11.9. The number of fused-ring (bicyclic) bond motifs is 1. The third kappa shape index (κ3) is 3.00. The summed E-state index contributed by atoms with van der Waals surface area (Å²) in [4.78, 5) is 11.8. The van der Waals surface area contributed by atoms with Crippen LogP contribution in [-0.2, 0) is 21.4 Å². The zero-order valence-electron chi connectivity index (χ0n) is 13.4. The van der Waals surface area contributed by atoms with E-state index in [1.165, 1.54) is 6.07 Å². The fourth-order valence-corrected chi connectivity index (χ4v) is 3.71. The van der Waals surface area contributed by atoms with Crippen molar-refractivity contribution < 1.29 is 17.9 Å². The maximum absolute atomic E-state index is 12.5. The number of hydrogen-bond acceptors (Lipinski definition) is 4. The van der Waals surface area contributed by atoms with Crippen LogP contribution in [0, 0.1) is 0 Å². The van der Waals surface area contributed by atoms with Crippen molar-refractivity contribution in [2.45, 2.75) is 24.3 Å². The minimum absolute atomic E-state index is 0.121. The maximum atomic E-state index is 12.5. The summed E-state index contributed by atoms with van der Waals surface area (Å²) in [5.74, 6) is 0.142. The Morgan fingerprint density at radius 1 is 1.21 bits per heavy atom. The lowest BCUT2D eigenvalue weighted by Gasteiger charge is -2.11. The zero-order valence-corrected chi connectivity index (χ0v) is 14.2. The van der Waals surface area contributed by atoms with Crippen LogP contribution in [-0.4, -0.2) is 21.4 Å². The van der Waals surface area contributed by atoms with Gasteiger partial charge in [0.15, 0.2) is 0 Å². The van der Waals surface area contributed by atoms with Gasteiger partial charge in [-0.2, -0.15) is 0 Å². The van der Waals surface area contributed by atoms with E-state index in [4.69, 9.17) is 4.74 Å². The number of amides is 1. The molecule has 1 atom stereocenters. The molecular weight excluding hydrogens is 328 g/mol. The lowest BCUT2D eigenvalue weighted by atomic mass is 10.0. The van der Waals surface area contributed by atoms with Crippen LogP contribution in [0.2, 0.25) is 0 Å². The van der Waals surface area contributed by atoms with Gasteiger partial charge in [-0.3, -0.25) is 4.79 Å². The molecule has 1 amide bonds. The van der Waals surface area contributed by atoms with Crippen molar-refractivity contribution in [2.75, 3.05) is 12.4 Å². The second kappa shape index (κ2) is 6.26. The summed E-state index contributed by atoms with van der Waals surface area (Å²) >= 11 is 0. The first-order valence-electron chi connectivity index (χ1n) is 7.49. The van der Waals surface area contributed by atoms with Gasteiger partial charge in [0.1, 0.15) is 5.75 Å². The Labute approximate surface area is 140 Å². The zero-order chi connectivity index (χ0) is 17.3. The summed E-state index contributed by atoms with van der Waals surface area (Å²) < 4.78 is 32.9. The molecule has 6 nitrogen and oxygen atoms in total. The highest BCUT2D eigenvalue weighted by molar-refractivity contribution is 7.89. The number of ether oxygens (including phenoxy) is 1. The Morgan fingerprint density at radius 2 is 1.96 bits per heavy atom. The standard InChI is InChI=1S/C17H18N2O4S/c1-11-14-9-13(7-8-15(14)19-17(11)20)24(21,22)18-10-12-5-3-4-6-16(12)23-2/h3-9,11,18H,10H2,1-2H3,(H,19,20)/t11-/m1/s1. The summed E-state index contributed by atoms with van der Waals surface area (Å²) in [6.07, 6.45) is 0. The Balaban J connectivity index is 1.83. The van der Waals surface area contributed by atoms with Gasteiger partial charge in [-0.05, 0) is 36.8 Å². The van der Waals surface area contributed by atoms with Crippen LogP contribution in [0.1, 0.15) is 24.0 Å². The van der Waals surface area contributed by atoms with E-state index in [1.807, 2.05) is 12.1 Å². The molecule has 0 radical (unpaired) electrons. The third-order valence-electron chi connectivity index (χ3n) is 4.10. The highest BCUT2D eigenvalue weighted by Crippen LogP contribution is 2.33. The Morgan fingerprint density at radius 3 is 2.71 bits per heavy atom. The molecule has 24 heavy (non-hydrogen) atoms. The van der Waals surface area contributed by atoms with E-state index in [2.05, 4.69) is 10.0 Å². The molecule has 0 saturated carbocycles. The van der Waals surface area contributed by atoms with Crippen molar-refractivity contribution in [3.8, 4) is 5.75 Å². The number of para-hydroxylation sites is 1. The number of hydrogen-bond donors (Lipinski definition) is 2. The number of carbonyl (C=O) groups is 1. The van der Waals surface area contributed by atoms with E-state index in [-0.39, 0.29) is 23.3 Å². The van der Waals surface area contributed by atoms with Crippen LogP contribution in [0.4, 0.5) is 5.69 Å². The van der Waals surface area contributed by atoms with Gasteiger partial charge in [0, 0.05) is 17.8 Å². The van der Waals surface area contributed by atoms with Crippen molar-refractivity contribution in [2.24, 2.45) is 0 Å². The van der Waals surface area contributed by atoms with Gasteiger partial charge in [-0.15, -0.1) is 0 Å². The highest BCUT2D eigenvalue weighted by atomic mass is 32.2. The Hall–Kier alpha value is -2.38. The summed E-state index contributed by atoms with van der Waals surface area (Å²) in [5, 5.41) is 2.73. The molecule has 0 fully saturated rings. The lowest BCUT2D eigenvalue weighted by molar-refractivity contribution is -0.116. The number of benzene rings is 2. The molecule has 1 aliphatic rings. The van der Waals surface area contributed by atoms with Crippen LogP contribution in [0.25, 0.3) is 0 Å². The van der Waals surface area contributed by atoms with Crippen molar-refractivity contribution in [3.63, 3.8) is 0 Å². The Bertz CT molecular complexity index is 893. The van der Waals surface area contributed by atoms with Crippen LogP contribution in [0.3, 0.4) is 0 Å². The fraction of sp³-hybridized carbons (Fsp3) is 0.235. The number of rotatable bonds is 5. The van der Waals surface area contributed by atoms with E-state index in [1.54, 1.807) is 38.3 Å². The quantitative estimate of drug-likeness (QED) is 0.869. The topological polar surface area (TPSA) is 84.5 Å². The molecule has 0 aliphatic carbocycles. The van der Waals surface area contributed by atoms with E-state index >= 15 is 0 Å². The predicted molar refractivity (Wildman–Crippen MR) is 90.5 cm³/mol. The van der Waals surface area contributed by atoms with Crippen LogP contribution in [0.5, 0.6) is 5.75 Å². The number of nitrogens with one attached hydrogen (secondary N) is 2. The minimum Gasteiger partial charge on any atom is -0.496 e. The molecular formula is C17H18N2O4S. The van der Waals surface area contributed by atoms with Crippen molar-refractivity contribution >= 4 is 21.6 Å². The number of sulfonamides is 1. The first kappa shape index (κ1) is 16.5. The summed E-state index contributed by atoms with van der Waals surface area (Å²) in [5.41, 5.74) is 2.10. The number of anilines is 1. The van der Waals surface area contributed by atoms with Gasteiger partial charge in [0.05, 0.1) is 17.9 Å². The summed E-state index contributed by atoms with van der Waals surface area (Å²) in [7, 11) is -2.15. The largest absolute Gasteiger partial charge is 0.496 e. The molecule has 1 aliphatic heterocycles. The molecule has 0 aromatic heterocycles. The maximum Gasteiger partial charge on any atom is 0.240 e. The van der Waals surface area contributed by atoms with Gasteiger partial charge in [0.2, 0.25) is 15.9 Å². The van der Waals surface area contributed by atoms with Crippen LogP contribution < -0.4 is 14.8 Å². The normalized spacial score (nSPS) is 16.6. The molecule has 0 saturated heterocycles. The van der Waals surface area contributed by atoms with Gasteiger partial charge in [-0.1, -0.05) is 18.2 Å². The first-order valence-corrected chi connectivity index (χ1v) is 8.97. The number of methoxy groups -OCH3 is 1. The van der Waals surface area contributed by atoms with Gasteiger partial charge >= 0.3 is 0 Å². The fourth-order valence-electron chi connectivity index (χ4n) is 2.67. The predicted octanol–water partition coefficient (Wildman–Crippen LogP) is 2.23. The molecule has 1 heterocycles.